The van der Waals surface area contributed by atoms with E-state index < -0.39 is 0 Å². The van der Waals surface area contributed by atoms with Crippen LogP contribution >= 0.6 is 0 Å². The van der Waals surface area contributed by atoms with Crippen LogP contribution in [0.5, 0.6) is 0 Å². The van der Waals surface area contributed by atoms with E-state index >= 15 is 0 Å². The van der Waals surface area contributed by atoms with Crippen molar-refractivity contribution in [3.8, 4) is 0 Å². The summed E-state index contributed by atoms with van der Waals surface area (Å²) in [5.74, 6) is 0. The zero-order valence-electron chi connectivity index (χ0n) is 7.96. The smallest absolute Gasteiger partial charge is 0.0402 e. The molecule has 0 saturated carbocycles. The molecule has 3 N–H and O–H groups in total. The van der Waals surface area contributed by atoms with Crippen LogP contribution in [0.1, 0.15) is 20.8 Å². The molecule has 72 valence electrons. The molecule has 0 saturated heterocycles. The molecule has 0 bridgehead atoms. The molecule has 0 radical (unpaired) electrons. The third kappa shape index (κ3) is 611. The minimum atomic E-state index is 0. The van der Waals surface area contributed by atoms with Crippen molar-refractivity contribution in [2.45, 2.75) is 20.8 Å². The summed E-state index contributed by atoms with van der Waals surface area (Å²) in [7, 11) is 0. The molecule has 0 aliphatic rings. The fourth-order valence-electron chi connectivity index (χ4n) is 0. The molecule has 0 aromatic carbocycles. The average molecular weight is 293 g/mol. The SMILES string of the molecule is CCO.CCO.CCO.[CH3-].[Ce]. The molecule has 0 unspecified atom stereocenters. The van der Waals surface area contributed by atoms with Gasteiger partial charge in [-0.2, -0.15) is 0 Å². The fraction of sp³-hybridized carbons (Fsp3) is 0.857. The van der Waals surface area contributed by atoms with Gasteiger partial charge in [-0.15, -0.1) is 0 Å². The standard InChI is InChI=1S/3C2H6O.CH3.Ce/c3*1-2-3;;/h3*3H,2H2,1H3;1H3;/q;;;-1;. The van der Waals surface area contributed by atoms with Gasteiger partial charge in [-0.3, -0.25) is 0 Å². The molecule has 0 spiro atoms. The molecule has 3 nitrogen and oxygen atoms in total. The minimum absolute atomic E-state index is 0. The van der Waals surface area contributed by atoms with Crippen molar-refractivity contribution < 1.29 is 57.1 Å². The molecule has 11 heavy (non-hydrogen) atoms. The molecule has 0 amide bonds. The Morgan fingerprint density at radius 1 is 0.727 bits per heavy atom. The second-order valence-corrected chi connectivity index (χ2v) is 0.949. The number of hydrogen-bond donors (Lipinski definition) is 3. The van der Waals surface area contributed by atoms with E-state index in [0.29, 0.717) is 0 Å². The third-order valence-corrected chi connectivity index (χ3v) is 0. The van der Waals surface area contributed by atoms with E-state index in [1.807, 2.05) is 0 Å². The molecule has 0 aliphatic heterocycles. The quantitative estimate of drug-likeness (QED) is 0.568. The van der Waals surface area contributed by atoms with Crippen LogP contribution in [0.4, 0.5) is 0 Å². The monoisotopic (exact) mass is 293 g/mol. The Kier molecular flexibility index (Phi) is 175. The maximum absolute atomic E-state index is 7.57. The zero-order valence-corrected chi connectivity index (χ0v) is 11.1. The molecule has 0 rings (SSSR count). The maximum atomic E-state index is 7.57. The second kappa shape index (κ2) is 65.4. The Hall–Kier alpha value is 1.26. The average Bonchev–Trinajstić information content (AvgIpc) is 1.70. The maximum Gasteiger partial charge on any atom is 0.0402 e. The van der Waals surface area contributed by atoms with Gasteiger partial charge >= 0.3 is 0 Å². The first-order valence-electron chi connectivity index (χ1n) is 3.07. The topological polar surface area (TPSA) is 60.7 Å². The van der Waals surface area contributed by atoms with Crippen molar-refractivity contribution in [3.05, 3.63) is 7.43 Å². The summed E-state index contributed by atoms with van der Waals surface area (Å²) in [5, 5.41) is 22.7. The van der Waals surface area contributed by atoms with E-state index in [2.05, 4.69) is 0 Å². The van der Waals surface area contributed by atoms with Gasteiger partial charge in [0.1, 0.15) is 0 Å². The van der Waals surface area contributed by atoms with Gasteiger partial charge in [0, 0.05) is 61.6 Å². The molecule has 0 heterocycles. The van der Waals surface area contributed by atoms with Crippen LogP contribution in [0.2, 0.25) is 0 Å². The van der Waals surface area contributed by atoms with Crippen molar-refractivity contribution in [2.24, 2.45) is 0 Å². The summed E-state index contributed by atoms with van der Waals surface area (Å²) in [5.41, 5.74) is 0. The molecule has 0 aromatic rings. The zero-order chi connectivity index (χ0) is 8.12. The normalized spacial score (nSPS) is 4.91. The van der Waals surface area contributed by atoms with Crippen LogP contribution in [0.25, 0.3) is 0 Å². The number of aliphatic hydroxyl groups excluding tert-OH is 3. The Bertz CT molecular complexity index is 18.4. The number of hydrogen-bond acceptors (Lipinski definition) is 3. The van der Waals surface area contributed by atoms with Gasteiger partial charge in [-0.1, -0.05) is 0 Å². The minimum Gasteiger partial charge on any atom is -0.397 e. The summed E-state index contributed by atoms with van der Waals surface area (Å²) < 4.78 is 0. The first kappa shape index (κ1) is 29.5. The van der Waals surface area contributed by atoms with Gasteiger partial charge < -0.3 is 22.7 Å². The van der Waals surface area contributed by atoms with Gasteiger partial charge in [0.2, 0.25) is 0 Å². The van der Waals surface area contributed by atoms with E-state index in [0.717, 1.165) is 0 Å². The fourth-order valence-corrected chi connectivity index (χ4v) is 0. The summed E-state index contributed by atoms with van der Waals surface area (Å²) in [4.78, 5) is 0. The molecule has 0 aliphatic carbocycles. The van der Waals surface area contributed by atoms with E-state index in [1.54, 1.807) is 20.8 Å². The van der Waals surface area contributed by atoms with Crippen LogP contribution in [0.15, 0.2) is 0 Å². The van der Waals surface area contributed by atoms with Gasteiger partial charge in [-0.25, -0.2) is 0 Å². The Morgan fingerprint density at radius 3 is 0.727 bits per heavy atom. The van der Waals surface area contributed by atoms with Gasteiger partial charge in [0.05, 0.1) is 0 Å². The molecule has 0 atom stereocenters. The van der Waals surface area contributed by atoms with E-state index in [4.69, 9.17) is 15.3 Å². The summed E-state index contributed by atoms with van der Waals surface area (Å²) >= 11 is 0. The molecule has 4 heteroatoms. The van der Waals surface area contributed by atoms with Gasteiger partial charge in [0.25, 0.3) is 0 Å². The predicted octanol–water partition coefficient (Wildman–Crippen LogP) is 0.446. The van der Waals surface area contributed by atoms with Crippen molar-refractivity contribution in [1.82, 2.24) is 0 Å². The van der Waals surface area contributed by atoms with E-state index in [1.165, 1.54) is 0 Å². The van der Waals surface area contributed by atoms with Crippen molar-refractivity contribution in [2.75, 3.05) is 19.8 Å². The Balaban J connectivity index is -0.0000000150. The first-order valence-corrected chi connectivity index (χ1v) is 3.07. The first-order chi connectivity index (χ1) is 4.24. The van der Waals surface area contributed by atoms with Crippen molar-refractivity contribution >= 4 is 0 Å². The Morgan fingerprint density at radius 2 is 0.727 bits per heavy atom. The van der Waals surface area contributed by atoms with E-state index in [-0.39, 0.29) is 69.0 Å². The molecular formula is C7H21CeO3-. The van der Waals surface area contributed by atoms with Gasteiger partial charge in [0.15, 0.2) is 0 Å². The number of rotatable bonds is 0. The van der Waals surface area contributed by atoms with Crippen LogP contribution < -0.4 is 0 Å². The molecule has 0 fully saturated rings. The summed E-state index contributed by atoms with van der Waals surface area (Å²) in [6, 6.07) is 0. The van der Waals surface area contributed by atoms with Crippen LogP contribution in [-0.4, -0.2) is 35.1 Å². The Labute approximate surface area is 104 Å². The van der Waals surface area contributed by atoms with Gasteiger partial charge in [-0.05, 0) is 20.8 Å². The largest absolute Gasteiger partial charge is 0.397 e. The summed E-state index contributed by atoms with van der Waals surface area (Å²) in [6.07, 6.45) is 0. The van der Waals surface area contributed by atoms with Crippen LogP contribution in [0, 0.1) is 49.2 Å². The van der Waals surface area contributed by atoms with Crippen molar-refractivity contribution in [1.29, 1.82) is 0 Å². The second-order valence-electron chi connectivity index (χ2n) is 0.949. The number of aliphatic hydroxyl groups is 3. The summed E-state index contributed by atoms with van der Waals surface area (Å²) in [6.45, 7) is 5.79. The molecular weight excluding hydrogens is 272 g/mol. The van der Waals surface area contributed by atoms with Crippen LogP contribution in [-0.2, 0) is 0 Å². The van der Waals surface area contributed by atoms with E-state index in [9.17, 15) is 0 Å². The molecule has 0 aromatic heterocycles. The van der Waals surface area contributed by atoms with Crippen molar-refractivity contribution in [3.63, 3.8) is 0 Å². The third-order valence-electron chi connectivity index (χ3n) is 0. The predicted molar refractivity (Wildman–Crippen MR) is 44.7 cm³/mol. The van der Waals surface area contributed by atoms with Crippen LogP contribution in [0.3, 0.4) is 0 Å².